The third kappa shape index (κ3) is 2.84. The molecule has 0 fully saturated rings. The zero-order valence-corrected chi connectivity index (χ0v) is 15.1. The molecule has 4 rings (SSSR count). The van der Waals surface area contributed by atoms with Gasteiger partial charge in [0.15, 0.2) is 11.6 Å². The number of aryl methyl sites for hydroxylation is 4. The second-order valence-electron chi connectivity index (χ2n) is 6.89. The second-order valence-corrected chi connectivity index (χ2v) is 6.89. The van der Waals surface area contributed by atoms with Gasteiger partial charge in [-0.1, -0.05) is 12.1 Å². The lowest BCUT2D eigenvalue weighted by Crippen LogP contribution is -2.24. The van der Waals surface area contributed by atoms with Crippen molar-refractivity contribution in [2.24, 2.45) is 0 Å². The standard InChI is InChI=1S/C21H22N4/c1-14-7-15(2)10-18(9-14)24-13-25(21-20(24)22-5-6-23-21)19-11-16(3)8-17(4)12-19/h5-12H,13H2,1-4H3. The van der Waals surface area contributed by atoms with E-state index < -0.39 is 0 Å². The molecule has 0 saturated heterocycles. The van der Waals surface area contributed by atoms with Crippen molar-refractivity contribution in [2.45, 2.75) is 27.7 Å². The summed E-state index contributed by atoms with van der Waals surface area (Å²) in [6, 6.07) is 13.2. The Morgan fingerprint density at radius 2 is 0.960 bits per heavy atom. The fourth-order valence-corrected chi connectivity index (χ4v) is 3.60. The molecule has 4 nitrogen and oxygen atoms in total. The molecule has 0 N–H and O–H groups in total. The van der Waals surface area contributed by atoms with Crippen LogP contribution < -0.4 is 9.80 Å². The molecule has 0 aliphatic carbocycles. The Morgan fingerprint density at radius 3 is 1.32 bits per heavy atom. The lowest BCUT2D eigenvalue weighted by atomic mass is 10.1. The SMILES string of the molecule is Cc1cc(C)cc(N2CN(c3cc(C)cc(C)c3)c3nccnc32)c1. The van der Waals surface area contributed by atoms with Gasteiger partial charge in [-0.25, -0.2) is 9.97 Å². The average Bonchev–Trinajstić information content (AvgIpc) is 2.93. The first kappa shape index (κ1) is 15.6. The molecule has 0 atom stereocenters. The van der Waals surface area contributed by atoms with Crippen LogP contribution in [-0.4, -0.2) is 16.6 Å². The minimum atomic E-state index is 0.713. The van der Waals surface area contributed by atoms with Gasteiger partial charge in [-0.05, 0) is 74.2 Å². The van der Waals surface area contributed by atoms with Crippen LogP contribution in [0.15, 0.2) is 48.8 Å². The van der Waals surface area contributed by atoms with E-state index in [9.17, 15) is 0 Å². The van der Waals surface area contributed by atoms with Gasteiger partial charge >= 0.3 is 0 Å². The molecule has 25 heavy (non-hydrogen) atoms. The zero-order valence-electron chi connectivity index (χ0n) is 15.1. The molecular formula is C21H22N4. The number of rotatable bonds is 2. The molecule has 0 unspecified atom stereocenters. The summed E-state index contributed by atoms with van der Waals surface area (Å²) < 4.78 is 0. The molecule has 2 heterocycles. The first-order chi connectivity index (χ1) is 12.0. The fraction of sp³-hybridized carbons (Fsp3) is 0.238. The van der Waals surface area contributed by atoms with E-state index in [4.69, 9.17) is 0 Å². The molecule has 1 aliphatic rings. The molecule has 1 aliphatic heterocycles. The predicted octanol–water partition coefficient (Wildman–Crippen LogP) is 4.96. The fourth-order valence-electron chi connectivity index (χ4n) is 3.60. The van der Waals surface area contributed by atoms with Crippen LogP contribution in [0.1, 0.15) is 22.3 Å². The van der Waals surface area contributed by atoms with Crippen molar-refractivity contribution < 1.29 is 0 Å². The van der Waals surface area contributed by atoms with E-state index >= 15 is 0 Å². The monoisotopic (exact) mass is 330 g/mol. The summed E-state index contributed by atoms with van der Waals surface area (Å²) in [5.74, 6) is 1.82. The molecule has 126 valence electrons. The molecule has 0 radical (unpaired) electrons. The van der Waals surface area contributed by atoms with Crippen LogP contribution in [0.4, 0.5) is 23.0 Å². The second kappa shape index (κ2) is 5.88. The number of nitrogens with zero attached hydrogens (tertiary/aromatic N) is 4. The smallest absolute Gasteiger partial charge is 0.178 e. The normalized spacial score (nSPS) is 13.3. The van der Waals surface area contributed by atoms with Crippen LogP contribution in [0.5, 0.6) is 0 Å². The molecule has 0 amide bonds. The van der Waals surface area contributed by atoms with Gasteiger partial charge in [-0.3, -0.25) is 0 Å². The van der Waals surface area contributed by atoms with E-state index in [2.05, 4.69) is 83.9 Å². The van der Waals surface area contributed by atoms with Crippen molar-refractivity contribution in [3.8, 4) is 0 Å². The third-order valence-corrected chi connectivity index (χ3v) is 4.49. The number of aromatic nitrogens is 2. The first-order valence-corrected chi connectivity index (χ1v) is 8.54. The summed E-state index contributed by atoms with van der Waals surface area (Å²) in [6.45, 7) is 9.24. The highest BCUT2D eigenvalue weighted by molar-refractivity contribution is 5.82. The summed E-state index contributed by atoms with van der Waals surface area (Å²) in [7, 11) is 0. The lowest BCUT2D eigenvalue weighted by Gasteiger charge is -2.22. The summed E-state index contributed by atoms with van der Waals surface area (Å²) in [5, 5.41) is 0. The molecule has 4 heteroatoms. The van der Waals surface area contributed by atoms with Gasteiger partial charge in [0.25, 0.3) is 0 Å². The van der Waals surface area contributed by atoms with Crippen molar-refractivity contribution >= 4 is 23.0 Å². The Labute approximate surface area is 148 Å². The molecular weight excluding hydrogens is 308 g/mol. The summed E-state index contributed by atoms with van der Waals surface area (Å²) in [6.07, 6.45) is 3.53. The van der Waals surface area contributed by atoms with E-state index in [1.807, 2.05) is 0 Å². The zero-order chi connectivity index (χ0) is 17.6. The van der Waals surface area contributed by atoms with Crippen molar-refractivity contribution in [2.75, 3.05) is 16.5 Å². The lowest BCUT2D eigenvalue weighted by molar-refractivity contribution is 0.972. The maximum Gasteiger partial charge on any atom is 0.178 e. The highest BCUT2D eigenvalue weighted by Gasteiger charge is 2.30. The first-order valence-electron chi connectivity index (χ1n) is 8.54. The molecule has 3 aromatic rings. The highest BCUT2D eigenvalue weighted by atomic mass is 15.4. The number of anilines is 4. The van der Waals surface area contributed by atoms with Gasteiger partial charge in [0, 0.05) is 23.8 Å². The molecule has 0 spiro atoms. The Bertz CT molecular complexity index is 831. The molecule has 1 aromatic heterocycles. The third-order valence-electron chi connectivity index (χ3n) is 4.49. The van der Waals surface area contributed by atoms with Crippen LogP contribution in [0, 0.1) is 27.7 Å². The van der Waals surface area contributed by atoms with Crippen LogP contribution >= 0.6 is 0 Å². The number of fused-ring (bicyclic) bond motifs is 1. The highest BCUT2D eigenvalue weighted by Crippen LogP contribution is 2.41. The average molecular weight is 330 g/mol. The van der Waals surface area contributed by atoms with Gasteiger partial charge in [-0.2, -0.15) is 0 Å². The van der Waals surface area contributed by atoms with E-state index in [1.165, 1.54) is 22.3 Å². The van der Waals surface area contributed by atoms with Gasteiger partial charge in [-0.15, -0.1) is 0 Å². The Kier molecular flexibility index (Phi) is 3.68. The molecule has 0 saturated carbocycles. The Morgan fingerprint density at radius 1 is 0.600 bits per heavy atom. The van der Waals surface area contributed by atoms with Crippen LogP contribution in [0.2, 0.25) is 0 Å². The number of hydrogen-bond donors (Lipinski definition) is 0. The summed E-state index contributed by atoms with van der Waals surface area (Å²) in [4.78, 5) is 13.7. The van der Waals surface area contributed by atoms with E-state index in [0.29, 0.717) is 6.67 Å². The molecule has 2 aromatic carbocycles. The topological polar surface area (TPSA) is 32.3 Å². The van der Waals surface area contributed by atoms with Crippen LogP contribution in [0.25, 0.3) is 0 Å². The number of benzene rings is 2. The maximum absolute atomic E-state index is 4.62. The van der Waals surface area contributed by atoms with Gasteiger partial charge < -0.3 is 9.80 Å². The van der Waals surface area contributed by atoms with Crippen molar-refractivity contribution in [1.29, 1.82) is 0 Å². The van der Waals surface area contributed by atoms with E-state index in [-0.39, 0.29) is 0 Å². The Hall–Kier alpha value is -2.88. The maximum atomic E-state index is 4.62. The van der Waals surface area contributed by atoms with Crippen molar-refractivity contribution in [3.05, 3.63) is 71.0 Å². The Balaban J connectivity index is 1.82. The largest absolute Gasteiger partial charge is 0.305 e. The van der Waals surface area contributed by atoms with Gasteiger partial charge in [0.05, 0.1) is 0 Å². The van der Waals surface area contributed by atoms with E-state index in [1.54, 1.807) is 12.4 Å². The minimum Gasteiger partial charge on any atom is -0.305 e. The van der Waals surface area contributed by atoms with Crippen LogP contribution in [0.3, 0.4) is 0 Å². The summed E-state index contributed by atoms with van der Waals surface area (Å²) in [5.41, 5.74) is 7.34. The van der Waals surface area contributed by atoms with Crippen LogP contribution in [-0.2, 0) is 0 Å². The molecule has 0 bridgehead atoms. The van der Waals surface area contributed by atoms with Gasteiger partial charge in [0.1, 0.15) is 6.67 Å². The number of hydrogen-bond acceptors (Lipinski definition) is 4. The quantitative estimate of drug-likeness (QED) is 0.665. The summed E-state index contributed by atoms with van der Waals surface area (Å²) >= 11 is 0. The van der Waals surface area contributed by atoms with Gasteiger partial charge in [0.2, 0.25) is 0 Å². The van der Waals surface area contributed by atoms with Crippen molar-refractivity contribution in [1.82, 2.24) is 9.97 Å². The van der Waals surface area contributed by atoms with E-state index in [0.717, 1.165) is 23.0 Å². The van der Waals surface area contributed by atoms with Crippen molar-refractivity contribution in [3.63, 3.8) is 0 Å². The predicted molar refractivity (Wildman–Crippen MR) is 103 cm³/mol. The minimum absolute atomic E-state index is 0.713.